The first-order valence-corrected chi connectivity index (χ1v) is 6.19. The van der Waals surface area contributed by atoms with E-state index < -0.39 is 23.6 Å². The van der Waals surface area contributed by atoms with Crippen molar-refractivity contribution in [2.24, 2.45) is 5.92 Å². The van der Waals surface area contributed by atoms with Gasteiger partial charge in [-0.25, -0.2) is 13.6 Å². The molecule has 0 radical (unpaired) electrons. The van der Waals surface area contributed by atoms with Gasteiger partial charge in [-0.2, -0.15) is 0 Å². The minimum atomic E-state index is -1.11. The van der Waals surface area contributed by atoms with Crippen molar-refractivity contribution in [2.75, 3.05) is 18.4 Å². The highest BCUT2D eigenvalue weighted by Gasteiger charge is 2.28. The molecule has 20 heavy (non-hydrogen) atoms. The summed E-state index contributed by atoms with van der Waals surface area (Å²) >= 11 is 0. The van der Waals surface area contributed by atoms with E-state index in [1.165, 1.54) is 17.0 Å². The van der Waals surface area contributed by atoms with Gasteiger partial charge in [0, 0.05) is 19.5 Å². The number of carbonyl (C=O) groups excluding carboxylic acids is 1. The van der Waals surface area contributed by atoms with Crippen LogP contribution in [0.4, 0.5) is 19.3 Å². The fourth-order valence-electron chi connectivity index (χ4n) is 2.23. The second kappa shape index (κ2) is 5.85. The van der Waals surface area contributed by atoms with Crippen LogP contribution < -0.4 is 5.32 Å². The van der Waals surface area contributed by atoms with Crippen molar-refractivity contribution in [1.82, 2.24) is 4.90 Å². The molecule has 2 N–H and O–H groups in total. The minimum absolute atomic E-state index is 0.00188. The Bertz CT molecular complexity index is 536. The summed E-state index contributed by atoms with van der Waals surface area (Å²) in [4.78, 5) is 23.9. The average molecular weight is 284 g/mol. The van der Waals surface area contributed by atoms with Gasteiger partial charge in [0.15, 0.2) is 11.6 Å². The van der Waals surface area contributed by atoms with Crippen LogP contribution in [0.5, 0.6) is 0 Å². The van der Waals surface area contributed by atoms with Crippen molar-refractivity contribution in [3.63, 3.8) is 0 Å². The first-order valence-electron chi connectivity index (χ1n) is 6.19. The van der Waals surface area contributed by atoms with Gasteiger partial charge in [-0.1, -0.05) is 6.07 Å². The lowest BCUT2D eigenvalue weighted by molar-refractivity contribution is -0.138. The van der Waals surface area contributed by atoms with Crippen LogP contribution in [0, 0.1) is 17.6 Å². The van der Waals surface area contributed by atoms with Crippen LogP contribution in [0.1, 0.15) is 12.8 Å². The van der Waals surface area contributed by atoms with Crippen LogP contribution in [0.3, 0.4) is 0 Å². The number of urea groups is 1. The Kier molecular flexibility index (Phi) is 4.16. The predicted molar refractivity (Wildman–Crippen MR) is 67.3 cm³/mol. The summed E-state index contributed by atoms with van der Waals surface area (Å²) in [7, 11) is 0. The van der Waals surface area contributed by atoms with Crippen molar-refractivity contribution >= 4 is 17.7 Å². The van der Waals surface area contributed by atoms with E-state index in [-0.39, 0.29) is 18.0 Å². The highest BCUT2D eigenvalue weighted by molar-refractivity contribution is 5.89. The number of likely N-dealkylation sites (tertiary alicyclic amines) is 1. The molecule has 1 aromatic carbocycles. The van der Waals surface area contributed by atoms with Gasteiger partial charge in [-0.3, -0.25) is 4.79 Å². The van der Waals surface area contributed by atoms with Crippen molar-refractivity contribution in [3.8, 4) is 0 Å². The van der Waals surface area contributed by atoms with Crippen LogP contribution in [0.15, 0.2) is 18.2 Å². The van der Waals surface area contributed by atoms with E-state index >= 15 is 0 Å². The van der Waals surface area contributed by atoms with E-state index in [0.717, 1.165) is 6.07 Å². The van der Waals surface area contributed by atoms with Crippen LogP contribution in [0.25, 0.3) is 0 Å². The zero-order valence-corrected chi connectivity index (χ0v) is 10.6. The maximum absolute atomic E-state index is 13.4. The third-order valence-corrected chi connectivity index (χ3v) is 3.23. The number of carboxylic acids is 1. The van der Waals surface area contributed by atoms with Gasteiger partial charge in [0.25, 0.3) is 0 Å². The Hall–Kier alpha value is -2.18. The summed E-state index contributed by atoms with van der Waals surface area (Å²) in [5, 5.41) is 11.0. The molecular formula is C13H14F2N2O3. The molecule has 5 nitrogen and oxygen atoms in total. The van der Waals surface area contributed by atoms with E-state index in [0.29, 0.717) is 19.5 Å². The first-order chi connectivity index (χ1) is 9.47. The molecule has 1 aliphatic rings. The molecule has 108 valence electrons. The first kappa shape index (κ1) is 14.2. The second-order valence-corrected chi connectivity index (χ2v) is 4.73. The lowest BCUT2D eigenvalue weighted by atomic mass is 10.1. The molecule has 1 atom stereocenters. The molecular weight excluding hydrogens is 270 g/mol. The Morgan fingerprint density at radius 3 is 2.85 bits per heavy atom. The number of aliphatic carboxylic acids is 1. The lowest BCUT2D eigenvalue weighted by Gasteiger charge is -2.17. The normalized spacial score (nSPS) is 18.1. The molecule has 1 aromatic rings. The fourth-order valence-corrected chi connectivity index (χ4v) is 2.23. The SMILES string of the molecule is O=C(O)CC1CCN(C(=O)Nc2cccc(F)c2F)C1. The molecule has 1 unspecified atom stereocenters. The van der Waals surface area contributed by atoms with Gasteiger partial charge in [0.2, 0.25) is 0 Å². The van der Waals surface area contributed by atoms with E-state index in [9.17, 15) is 18.4 Å². The summed E-state index contributed by atoms with van der Waals surface area (Å²) in [6.07, 6.45) is 0.587. The maximum atomic E-state index is 13.4. The van der Waals surface area contributed by atoms with Crippen LogP contribution in [-0.4, -0.2) is 35.1 Å². The second-order valence-electron chi connectivity index (χ2n) is 4.73. The molecule has 2 rings (SSSR count). The number of rotatable bonds is 3. The molecule has 0 bridgehead atoms. The molecule has 1 aliphatic heterocycles. The Balaban J connectivity index is 1.96. The summed E-state index contributed by atoms with van der Waals surface area (Å²) in [6.45, 7) is 0.704. The average Bonchev–Trinajstić information content (AvgIpc) is 2.82. The van der Waals surface area contributed by atoms with E-state index in [1.807, 2.05) is 0 Å². The topological polar surface area (TPSA) is 69.6 Å². The molecule has 0 spiro atoms. The number of amides is 2. The highest BCUT2D eigenvalue weighted by atomic mass is 19.2. The molecule has 1 fully saturated rings. The maximum Gasteiger partial charge on any atom is 0.321 e. The number of carboxylic acid groups (broad SMARTS) is 1. The number of halogens is 2. The van der Waals surface area contributed by atoms with Crippen molar-refractivity contribution in [3.05, 3.63) is 29.8 Å². The zero-order valence-electron chi connectivity index (χ0n) is 10.6. The zero-order chi connectivity index (χ0) is 14.7. The van der Waals surface area contributed by atoms with Crippen LogP contribution in [-0.2, 0) is 4.79 Å². The van der Waals surface area contributed by atoms with Gasteiger partial charge >= 0.3 is 12.0 Å². The molecule has 7 heteroatoms. The van der Waals surface area contributed by atoms with Crippen LogP contribution in [0.2, 0.25) is 0 Å². The van der Waals surface area contributed by atoms with Gasteiger partial charge in [-0.15, -0.1) is 0 Å². The third-order valence-electron chi connectivity index (χ3n) is 3.23. The molecule has 1 saturated heterocycles. The number of anilines is 1. The molecule has 1 heterocycles. The monoisotopic (exact) mass is 284 g/mol. The number of benzene rings is 1. The number of hydrogen-bond acceptors (Lipinski definition) is 2. The molecule has 0 saturated carbocycles. The third kappa shape index (κ3) is 3.23. The smallest absolute Gasteiger partial charge is 0.321 e. The van der Waals surface area contributed by atoms with Crippen molar-refractivity contribution in [2.45, 2.75) is 12.8 Å². The highest BCUT2D eigenvalue weighted by Crippen LogP contribution is 2.22. The summed E-state index contributed by atoms with van der Waals surface area (Å²) in [6, 6.07) is 2.97. The van der Waals surface area contributed by atoms with Gasteiger partial charge in [0.05, 0.1) is 5.69 Å². The Morgan fingerprint density at radius 2 is 2.15 bits per heavy atom. The van der Waals surface area contributed by atoms with Crippen molar-refractivity contribution < 1.29 is 23.5 Å². The van der Waals surface area contributed by atoms with E-state index in [2.05, 4.69) is 5.32 Å². The van der Waals surface area contributed by atoms with Gasteiger partial charge < -0.3 is 15.3 Å². The number of carbonyl (C=O) groups is 2. The quantitative estimate of drug-likeness (QED) is 0.894. The Morgan fingerprint density at radius 1 is 1.40 bits per heavy atom. The standard InChI is InChI=1S/C13H14F2N2O3/c14-9-2-1-3-10(12(9)15)16-13(20)17-5-4-8(7-17)6-11(18)19/h1-3,8H,4-7H2,(H,16,20)(H,18,19). The summed E-state index contributed by atoms with van der Waals surface area (Å²) in [5.74, 6) is -3.15. The predicted octanol–water partition coefficient (Wildman–Crippen LogP) is 2.29. The molecule has 0 aliphatic carbocycles. The minimum Gasteiger partial charge on any atom is -0.481 e. The summed E-state index contributed by atoms with van der Waals surface area (Å²) in [5.41, 5.74) is -0.225. The largest absolute Gasteiger partial charge is 0.481 e. The van der Waals surface area contributed by atoms with E-state index in [1.54, 1.807) is 0 Å². The number of nitrogens with one attached hydrogen (secondary N) is 1. The van der Waals surface area contributed by atoms with Crippen molar-refractivity contribution in [1.29, 1.82) is 0 Å². The van der Waals surface area contributed by atoms with Crippen LogP contribution >= 0.6 is 0 Å². The molecule has 0 aromatic heterocycles. The number of nitrogens with zero attached hydrogens (tertiary/aromatic N) is 1. The fraction of sp³-hybridized carbons (Fsp3) is 0.385. The Labute approximate surface area is 114 Å². The molecule has 2 amide bonds. The summed E-state index contributed by atoms with van der Waals surface area (Å²) < 4.78 is 26.4. The van der Waals surface area contributed by atoms with E-state index in [4.69, 9.17) is 5.11 Å². The number of hydrogen-bond donors (Lipinski definition) is 2. The van der Waals surface area contributed by atoms with Gasteiger partial charge in [-0.05, 0) is 24.5 Å². The van der Waals surface area contributed by atoms with Gasteiger partial charge in [0.1, 0.15) is 0 Å². The lowest BCUT2D eigenvalue weighted by Crippen LogP contribution is -2.33.